The summed E-state index contributed by atoms with van der Waals surface area (Å²) in [5.74, 6) is -3.75. The third-order valence-corrected chi connectivity index (χ3v) is 7.31. The highest BCUT2D eigenvalue weighted by atomic mass is 19.4. The van der Waals surface area contributed by atoms with Gasteiger partial charge in [-0.3, -0.25) is 9.59 Å². The monoisotopic (exact) mass is 531 g/mol. The van der Waals surface area contributed by atoms with Gasteiger partial charge in [-0.05, 0) is 73.9 Å². The molecular weight excluding hydrogens is 504 g/mol. The van der Waals surface area contributed by atoms with Crippen LogP contribution in [0.15, 0.2) is 30.3 Å². The summed E-state index contributed by atoms with van der Waals surface area (Å²) < 4.78 is 86.7. The van der Waals surface area contributed by atoms with Crippen LogP contribution < -0.4 is 4.74 Å². The van der Waals surface area contributed by atoms with E-state index in [1.165, 1.54) is 29.2 Å². The number of likely N-dealkylation sites (tertiary alicyclic amines) is 1. The molecule has 4 rings (SSSR count). The van der Waals surface area contributed by atoms with E-state index in [4.69, 9.17) is 4.74 Å². The molecule has 1 N–H and O–H groups in total. The number of carbonyl (C=O) groups is 2. The highest BCUT2D eigenvalue weighted by molar-refractivity contribution is 6.00. The van der Waals surface area contributed by atoms with Gasteiger partial charge in [-0.2, -0.15) is 26.3 Å². The summed E-state index contributed by atoms with van der Waals surface area (Å²) in [4.78, 5) is 25.8. The minimum atomic E-state index is -4.79. The van der Waals surface area contributed by atoms with Gasteiger partial charge in [-0.25, -0.2) is 0 Å². The maximum atomic E-state index is 14.1. The van der Waals surface area contributed by atoms with E-state index in [1.54, 1.807) is 0 Å². The van der Waals surface area contributed by atoms with E-state index in [2.05, 4.69) is 0 Å². The van der Waals surface area contributed by atoms with Crippen LogP contribution in [0.25, 0.3) is 10.8 Å². The molecule has 2 aromatic carbocycles. The van der Waals surface area contributed by atoms with Crippen LogP contribution in [-0.2, 0) is 11.0 Å². The van der Waals surface area contributed by atoms with Gasteiger partial charge < -0.3 is 14.7 Å². The number of ether oxygens (including phenoxy) is 1. The van der Waals surface area contributed by atoms with Crippen molar-refractivity contribution < 1.29 is 45.8 Å². The average molecular weight is 531 g/mol. The minimum absolute atomic E-state index is 0.00548. The highest BCUT2D eigenvalue weighted by Crippen LogP contribution is 2.44. The zero-order valence-corrected chi connectivity index (χ0v) is 19.9. The second kappa shape index (κ2) is 10.4. The van der Waals surface area contributed by atoms with Crippen molar-refractivity contribution in [2.24, 2.45) is 11.8 Å². The lowest BCUT2D eigenvalue weighted by atomic mass is 9.87. The Balaban J connectivity index is 1.56. The summed E-state index contributed by atoms with van der Waals surface area (Å²) in [6.07, 6.45) is -8.99. The normalized spacial score (nSPS) is 23.5. The van der Waals surface area contributed by atoms with Gasteiger partial charge in [0.1, 0.15) is 11.3 Å². The van der Waals surface area contributed by atoms with Crippen LogP contribution in [0.5, 0.6) is 5.75 Å². The number of alkyl halides is 6. The summed E-state index contributed by atoms with van der Waals surface area (Å²) in [5, 5.41) is 9.23. The van der Waals surface area contributed by atoms with E-state index < -0.39 is 47.6 Å². The fourth-order valence-electron chi connectivity index (χ4n) is 5.25. The molecule has 1 aliphatic heterocycles. The van der Waals surface area contributed by atoms with Crippen LogP contribution >= 0.6 is 0 Å². The lowest BCUT2D eigenvalue weighted by Gasteiger charge is -2.31. The van der Waals surface area contributed by atoms with Crippen molar-refractivity contribution in [3.8, 4) is 5.75 Å². The number of aliphatic carboxylic acids is 1. The van der Waals surface area contributed by atoms with Gasteiger partial charge in [0.15, 0.2) is 0 Å². The molecule has 11 heteroatoms. The van der Waals surface area contributed by atoms with Crippen LogP contribution in [0.2, 0.25) is 0 Å². The number of carboxylic acid groups (broad SMARTS) is 1. The number of halogens is 6. The molecule has 1 atom stereocenters. The van der Waals surface area contributed by atoms with Gasteiger partial charge in [-0.15, -0.1) is 0 Å². The third-order valence-electron chi connectivity index (χ3n) is 7.31. The molecule has 2 fully saturated rings. The Kier molecular flexibility index (Phi) is 7.62. The van der Waals surface area contributed by atoms with E-state index in [-0.39, 0.29) is 54.5 Å². The largest absolute Gasteiger partial charge is 0.490 e. The number of fused-ring (bicyclic) bond motifs is 1. The molecule has 0 spiro atoms. The maximum absolute atomic E-state index is 14.1. The van der Waals surface area contributed by atoms with Gasteiger partial charge >= 0.3 is 18.3 Å². The van der Waals surface area contributed by atoms with Crippen molar-refractivity contribution in [1.29, 1.82) is 0 Å². The Morgan fingerprint density at radius 1 is 0.892 bits per heavy atom. The average Bonchev–Trinajstić information content (AvgIpc) is 3.09. The lowest BCUT2D eigenvalue weighted by Crippen LogP contribution is -2.32. The van der Waals surface area contributed by atoms with E-state index in [0.717, 1.165) is 6.07 Å². The quantitative estimate of drug-likeness (QED) is 0.447. The number of carbonyl (C=O) groups excluding carboxylic acids is 1. The van der Waals surface area contributed by atoms with Crippen molar-refractivity contribution in [3.05, 3.63) is 41.5 Å². The summed E-state index contributed by atoms with van der Waals surface area (Å²) >= 11 is 0. The van der Waals surface area contributed by atoms with Crippen LogP contribution in [0, 0.1) is 11.8 Å². The van der Waals surface area contributed by atoms with Gasteiger partial charge in [0, 0.05) is 18.7 Å². The molecule has 1 aliphatic carbocycles. The van der Waals surface area contributed by atoms with Crippen molar-refractivity contribution >= 4 is 22.6 Å². The molecule has 0 aromatic heterocycles. The van der Waals surface area contributed by atoms with Crippen molar-refractivity contribution in [3.63, 3.8) is 0 Å². The molecule has 0 bridgehead atoms. The molecule has 1 heterocycles. The third kappa shape index (κ3) is 6.13. The Morgan fingerprint density at radius 3 is 2.22 bits per heavy atom. The van der Waals surface area contributed by atoms with E-state index in [9.17, 15) is 41.0 Å². The predicted octanol–water partition coefficient (Wildman–Crippen LogP) is 6.69. The molecule has 1 unspecified atom stereocenters. The zero-order chi connectivity index (χ0) is 27.0. The zero-order valence-electron chi connectivity index (χ0n) is 19.9. The Bertz CT molecular complexity index is 1150. The molecule has 1 amide bonds. The first-order valence-corrected chi connectivity index (χ1v) is 12.2. The van der Waals surface area contributed by atoms with Gasteiger partial charge in [0.25, 0.3) is 5.91 Å². The predicted molar refractivity (Wildman–Crippen MR) is 122 cm³/mol. The van der Waals surface area contributed by atoms with E-state index in [0.29, 0.717) is 25.8 Å². The SMILES string of the molecule is O=C(O)C1CCCN(C(=O)c2ccc3c(C(F)(F)F)c(OC4CCC(C(F)(F)F)CC4)ccc3c2)CC1. The smallest absolute Gasteiger partial charge is 0.420 e. The number of hydrogen-bond acceptors (Lipinski definition) is 3. The standard InChI is InChI=1S/C26H27F6NO4/c27-25(28,29)18-5-7-19(8-6-18)37-21-10-4-16-14-17(3-9-20(16)22(21)26(30,31)32)23(34)33-12-1-2-15(11-13-33)24(35)36/h3-4,9-10,14-15,18-19H,1-2,5-8,11-13H2,(H,35,36). The van der Waals surface area contributed by atoms with Gasteiger partial charge in [-0.1, -0.05) is 12.1 Å². The number of carboxylic acids is 1. The fraction of sp³-hybridized carbons (Fsp3) is 0.538. The number of amides is 1. The molecule has 37 heavy (non-hydrogen) atoms. The second-order valence-electron chi connectivity index (χ2n) is 9.76. The van der Waals surface area contributed by atoms with Crippen molar-refractivity contribution in [2.75, 3.05) is 13.1 Å². The van der Waals surface area contributed by atoms with Crippen LogP contribution in [0.1, 0.15) is 60.9 Å². The maximum Gasteiger partial charge on any atom is 0.420 e. The van der Waals surface area contributed by atoms with E-state index >= 15 is 0 Å². The van der Waals surface area contributed by atoms with Crippen molar-refractivity contribution in [2.45, 2.75) is 63.4 Å². The molecular formula is C26H27F6NO4. The first-order chi connectivity index (χ1) is 17.3. The summed E-state index contributed by atoms with van der Waals surface area (Å²) in [6, 6.07) is 6.43. The molecule has 1 saturated heterocycles. The number of benzene rings is 2. The summed E-state index contributed by atoms with van der Waals surface area (Å²) in [7, 11) is 0. The Labute approximate surface area is 209 Å². The molecule has 0 radical (unpaired) electrons. The van der Waals surface area contributed by atoms with Crippen LogP contribution in [0.4, 0.5) is 26.3 Å². The number of nitrogens with zero attached hydrogens (tertiary/aromatic N) is 1. The first kappa shape index (κ1) is 27.1. The molecule has 5 nitrogen and oxygen atoms in total. The highest BCUT2D eigenvalue weighted by Gasteiger charge is 2.43. The molecule has 1 saturated carbocycles. The fourth-order valence-corrected chi connectivity index (χ4v) is 5.25. The van der Waals surface area contributed by atoms with Gasteiger partial charge in [0.2, 0.25) is 0 Å². The van der Waals surface area contributed by atoms with Crippen molar-refractivity contribution in [1.82, 2.24) is 4.90 Å². The first-order valence-electron chi connectivity index (χ1n) is 12.2. The molecule has 2 aliphatic rings. The van der Waals surface area contributed by atoms with Gasteiger partial charge in [0.05, 0.1) is 17.9 Å². The second-order valence-corrected chi connectivity index (χ2v) is 9.76. The van der Waals surface area contributed by atoms with Crippen LogP contribution in [0.3, 0.4) is 0 Å². The summed E-state index contributed by atoms with van der Waals surface area (Å²) in [6.45, 7) is 0.600. The Hall–Kier alpha value is -2.98. The lowest BCUT2D eigenvalue weighted by molar-refractivity contribution is -0.185. The minimum Gasteiger partial charge on any atom is -0.490 e. The molecule has 202 valence electrons. The number of hydrogen-bond donors (Lipinski definition) is 1. The Morgan fingerprint density at radius 2 is 1.59 bits per heavy atom. The van der Waals surface area contributed by atoms with E-state index in [1.807, 2.05) is 0 Å². The summed E-state index contributed by atoms with van der Waals surface area (Å²) in [5.41, 5.74) is -0.838. The topological polar surface area (TPSA) is 66.8 Å². The molecule has 2 aromatic rings. The number of rotatable bonds is 4. The van der Waals surface area contributed by atoms with Crippen LogP contribution in [-0.4, -0.2) is 47.3 Å².